The van der Waals surface area contributed by atoms with Gasteiger partial charge in [-0.15, -0.1) is 0 Å². The van der Waals surface area contributed by atoms with Crippen molar-refractivity contribution in [2.45, 2.75) is 53.5 Å². The second kappa shape index (κ2) is 4.49. The number of nitrogens with one attached hydrogen (secondary N) is 1. The van der Waals surface area contributed by atoms with Gasteiger partial charge in [0.05, 0.1) is 0 Å². The van der Waals surface area contributed by atoms with Crippen LogP contribution in [-0.4, -0.2) is 11.1 Å². The lowest BCUT2D eigenvalue weighted by Crippen LogP contribution is -2.23. The van der Waals surface area contributed by atoms with Gasteiger partial charge in [-0.2, -0.15) is 0 Å². The van der Waals surface area contributed by atoms with Crippen molar-refractivity contribution in [2.24, 2.45) is 11.3 Å². The molecule has 0 aromatic heterocycles. The molecule has 2 unspecified atom stereocenters. The van der Waals surface area contributed by atoms with Crippen LogP contribution in [0.4, 0.5) is 5.69 Å². The van der Waals surface area contributed by atoms with E-state index in [1.807, 2.05) is 19.9 Å². The van der Waals surface area contributed by atoms with E-state index in [9.17, 15) is 5.11 Å². The largest absolute Gasteiger partial charge is 0.508 e. The number of aryl methyl sites for hydroxylation is 2. The number of rotatable bonds is 2. The molecule has 0 aliphatic heterocycles. The van der Waals surface area contributed by atoms with E-state index in [-0.39, 0.29) is 0 Å². The first-order valence-electron chi connectivity index (χ1n) is 6.85. The van der Waals surface area contributed by atoms with Gasteiger partial charge >= 0.3 is 0 Å². The standard InChI is InChI=1S/C16H25NO/c1-10-7-15(18)11(2)6-13(10)17-14-9-16(4,5)8-12(14)3/h6-7,12,14,17-18H,8-9H2,1-5H3. The zero-order chi connectivity index (χ0) is 13.5. The molecule has 0 radical (unpaired) electrons. The number of benzene rings is 1. The van der Waals surface area contributed by atoms with Gasteiger partial charge in [0.2, 0.25) is 0 Å². The normalized spacial score (nSPS) is 26.3. The van der Waals surface area contributed by atoms with Crippen molar-refractivity contribution >= 4 is 5.69 Å². The summed E-state index contributed by atoms with van der Waals surface area (Å²) in [7, 11) is 0. The number of hydrogen-bond acceptors (Lipinski definition) is 2. The van der Waals surface area contributed by atoms with Crippen LogP contribution < -0.4 is 5.32 Å². The molecule has 1 fully saturated rings. The average molecular weight is 247 g/mol. The van der Waals surface area contributed by atoms with Crippen LogP contribution in [-0.2, 0) is 0 Å². The van der Waals surface area contributed by atoms with Crippen molar-refractivity contribution in [3.05, 3.63) is 23.3 Å². The Morgan fingerprint density at radius 3 is 2.39 bits per heavy atom. The van der Waals surface area contributed by atoms with Crippen LogP contribution >= 0.6 is 0 Å². The average Bonchev–Trinajstić information content (AvgIpc) is 2.48. The third-order valence-electron chi connectivity index (χ3n) is 4.22. The summed E-state index contributed by atoms with van der Waals surface area (Å²) in [6, 6.07) is 4.45. The Hall–Kier alpha value is -1.18. The van der Waals surface area contributed by atoms with Crippen molar-refractivity contribution < 1.29 is 5.11 Å². The van der Waals surface area contributed by atoms with Crippen molar-refractivity contribution in [1.29, 1.82) is 0 Å². The molecule has 1 saturated carbocycles. The zero-order valence-electron chi connectivity index (χ0n) is 12.2. The summed E-state index contributed by atoms with van der Waals surface area (Å²) in [6.07, 6.45) is 2.49. The second-order valence-electron chi connectivity index (χ2n) is 6.75. The van der Waals surface area contributed by atoms with E-state index in [0.29, 0.717) is 23.1 Å². The van der Waals surface area contributed by atoms with Crippen molar-refractivity contribution in [1.82, 2.24) is 0 Å². The summed E-state index contributed by atoms with van der Waals surface area (Å²) in [5, 5.41) is 13.4. The molecule has 100 valence electrons. The highest BCUT2D eigenvalue weighted by Crippen LogP contribution is 2.42. The van der Waals surface area contributed by atoms with Crippen LogP contribution in [0.3, 0.4) is 0 Å². The second-order valence-corrected chi connectivity index (χ2v) is 6.75. The molecular weight excluding hydrogens is 222 g/mol. The molecule has 1 aromatic rings. The Bertz CT molecular complexity index is 451. The molecule has 2 heteroatoms. The van der Waals surface area contributed by atoms with Crippen LogP contribution in [0, 0.1) is 25.2 Å². The Kier molecular flexibility index (Phi) is 3.31. The van der Waals surface area contributed by atoms with Gasteiger partial charge in [-0.1, -0.05) is 20.8 Å². The van der Waals surface area contributed by atoms with Gasteiger partial charge < -0.3 is 10.4 Å². The summed E-state index contributed by atoms with van der Waals surface area (Å²) in [6.45, 7) is 11.0. The summed E-state index contributed by atoms with van der Waals surface area (Å²) < 4.78 is 0. The third-order valence-corrected chi connectivity index (χ3v) is 4.22. The van der Waals surface area contributed by atoms with E-state index in [2.05, 4.69) is 32.2 Å². The lowest BCUT2D eigenvalue weighted by atomic mass is 9.91. The Morgan fingerprint density at radius 2 is 1.83 bits per heavy atom. The first kappa shape index (κ1) is 13.3. The van der Waals surface area contributed by atoms with Crippen LogP contribution in [0.5, 0.6) is 5.75 Å². The predicted octanol–water partition coefficient (Wildman–Crippen LogP) is 4.25. The Labute approximate surface area is 110 Å². The quantitative estimate of drug-likeness (QED) is 0.766. The van der Waals surface area contributed by atoms with Crippen LogP contribution in [0.1, 0.15) is 44.7 Å². The van der Waals surface area contributed by atoms with E-state index in [4.69, 9.17) is 0 Å². The van der Waals surface area contributed by atoms with E-state index in [1.54, 1.807) is 0 Å². The van der Waals surface area contributed by atoms with Crippen molar-refractivity contribution in [3.63, 3.8) is 0 Å². The molecule has 1 aromatic carbocycles. The third kappa shape index (κ3) is 2.63. The number of aromatic hydroxyl groups is 1. The van der Waals surface area contributed by atoms with E-state index in [1.165, 1.54) is 18.5 Å². The van der Waals surface area contributed by atoms with Crippen LogP contribution in [0.2, 0.25) is 0 Å². The first-order valence-corrected chi connectivity index (χ1v) is 6.85. The highest BCUT2D eigenvalue weighted by Gasteiger charge is 2.36. The molecule has 2 N–H and O–H groups in total. The topological polar surface area (TPSA) is 32.3 Å². The molecule has 2 nitrogen and oxygen atoms in total. The maximum absolute atomic E-state index is 9.69. The maximum atomic E-state index is 9.69. The monoisotopic (exact) mass is 247 g/mol. The molecule has 1 aliphatic rings. The summed E-state index contributed by atoms with van der Waals surface area (Å²) in [5.74, 6) is 1.09. The maximum Gasteiger partial charge on any atom is 0.118 e. The van der Waals surface area contributed by atoms with Crippen LogP contribution in [0.25, 0.3) is 0 Å². The molecule has 2 atom stereocenters. The predicted molar refractivity (Wildman–Crippen MR) is 77.2 cm³/mol. The minimum Gasteiger partial charge on any atom is -0.508 e. The molecule has 18 heavy (non-hydrogen) atoms. The number of phenolic OH excluding ortho intramolecular Hbond substituents is 1. The van der Waals surface area contributed by atoms with Gasteiger partial charge in [-0.25, -0.2) is 0 Å². The Morgan fingerprint density at radius 1 is 1.17 bits per heavy atom. The summed E-state index contributed by atoms with van der Waals surface area (Å²) >= 11 is 0. The molecule has 1 aliphatic carbocycles. The fourth-order valence-corrected chi connectivity index (χ4v) is 3.24. The fraction of sp³-hybridized carbons (Fsp3) is 0.625. The Balaban J connectivity index is 2.18. The van der Waals surface area contributed by atoms with E-state index >= 15 is 0 Å². The van der Waals surface area contributed by atoms with Gasteiger partial charge in [0.15, 0.2) is 0 Å². The lowest BCUT2D eigenvalue weighted by molar-refractivity contribution is 0.366. The summed E-state index contributed by atoms with van der Waals surface area (Å²) in [5.41, 5.74) is 3.67. The molecule has 0 spiro atoms. The molecule has 2 rings (SSSR count). The van der Waals surface area contributed by atoms with E-state index < -0.39 is 0 Å². The lowest BCUT2D eigenvalue weighted by Gasteiger charge is -2.21. The molecular formula is C16H25NO. The smallest absolute Gasteiger partial charge is 0.118 e. The minimum atomic E-state index is 0.387. The highest BCUT2D eigenvalue weighted by atomic mass is 16.3. The highest BCUT2D eigenvalue weighted by molar-refractivity contribution is 5.57. The van der Waals surface area contributed by atoms with Crippen LogP contribution in [0.15, 0.2) is 12.1 Å². The SMILES string of the molecule is Cc1cc(NC2CC(C)(C)CC2C)c(C)cc1O. The van der Waals surface area contributed by atoms with E-state index in [0.717, 1.165) is 11.1 Å². The molecule has 0 bridgehead atoms. The van der Waals surface area contributed by atoms with Crippen molar-refractivity contribution in [3.8, 4) is 5.75 Å². The molecule has 0 saturated heterocycles. The number of phenols is 1. The minimum absolute atomic E-state index is 0.387. The fourth-order valence-electron chi connectivity index (χ4n) is 3.24. The molecule has 0 amide bonds. The zero-order valence-corrected chi connectivity index (χ0v) is 12.2. The molecule has 0 heterocycles. The van der Waals surface area contributed by atoms with Crippen molar-refractivity contribution in [2.75, 3.05) is 5.32 Å². The number of hydrogen-bond donors (Lipinski definition) is 2. The van der Waals surface area contributed by atoms with Gasteiger partial charge in [0.1, 0.15) is 5.75 Å². The summed E-state index contributed by atoms with van der Waals surface area (Å²) in [4.78, 5) is 0. The van der Waals surface area contributed by atoms with Gasteiger partial charge in [0, 0.05) is 11.7 Å². The first-order chi connectivity index (χ1) is 8.28. The van der Waals surface area contributed by atoms with Gasteiger partial charge in [-0.05, 0) is 61.3 Å². The van der Waals surface area contributed by atoms with Gasteiger partial charge in [0.25, 0.3) is 0 Å². The number of anilines is 1. The van der Waals surface area contributed by atoms with Gasteiger partial charge in [-0.3, -0.25) is 0 Å².